The lowest BCUT2D eigenvalue weighted by Crippen LogP contribution is -2.35. The molecule has 1 aliphatic rings. The summed E-state index contributed by atoms with van der Waals surface area (Å²) in [7, 11) is 0. The number of nitrogens with zero attached hydrogens (tertiary/aromatic N) is 3. The van der Waals surface area contributed by atoms with E-state index in [1.54, 1.807) is 10.9 Å². The van der Waals surface area contributed by atoms with Crippen LogP contribution in [0.1, 0.15) is 10.5 Å². The van der Waals surface area contributed by atoms with E-state index in [0.717, 1.165) is 28.0 Å². The van der Waals surface area contributed by atoms with Gasteiger partial charge < -0.3 is 10.3 Å². The summed E-state index contributed by atoms with van der Waals surface area (Å²) in [5, 5.41) is 8.58. The molecule has 0 radical (unpaired) electrons. The van der Waals surface area contributed by atoms with Crippen LogP contribution in [0.3, 0.4) is 0 Å². The van der Waals surface area contributed by atoms with Gasteiger partial charge in [0.05, 0.1) is 17.9 Å². The maximum atomic E-state index is 11.9. The Labute approximate surface area is 143 Å². The molecule has 4 aromatic rings. The van der Waals surface area contributed by atoms with Crippen molar-refractivity contribution in [3.63, 3.8) is 0 Å². The highest BCUT2D eigenvalue weighted by atomic mass is 16.2. The third kappa shape index (κ3) is 2.30. The van der Waals surface area contributed by atoms with E-state index in [0.29, 0.717) is 18.8 Å². The number of carbonyl (C=O) groups excluding carboxylic acids is 1. The predicted molar refractivity (Wildman–Crippen MR) is 95.1 cm³/mol. The lowest BCUT2D eigenvalue weighted by atomic mass is 10.1. The fraction of sp³-hybridized carbons (Fsp3) is 0.105. The first-order valence-corrected chi connectivity index (χ1v) is 8.18. The molecular weight excluding hydrogens is 314 g/mol. The molecule has 1 aliphatic heterocycles. The van der Waals surface area contributed by atoms with Crippen LogP contribution in [0.4, 0.5) is 0 Å². The first kappa shape index (κ1) is 14.0. The lowest BCUT2D eigenvalue weighted by molar-refractivity contribution is 0.0924. The molecule has 2 N–H and O–H groups in total. The Hall–Kier alpha value is -3.41. The molecule has 122 valence electrons. The minimum atomic E-state index is -0.0727. The second kappa shape index (κ2) is 5.31. The summed E-state index contributed by atoms with van der Waals surface area (Å²) in [6.45, 7) is 1.31. The van der Waals surface area contributed by atoms with Crippen molar-refractivity contribution in [3.05, 3.63) is 60.6 Å². The van der Waals surface area contributed by atoms with Gasteiger partial charge in [-0.3, -0.25) is 14.5 Å². The minimum Gasteiger partial charge on any atom is -0.361 e. The van der Waals surface area contributed by atoms with Gasteiger partial charge in [0.1, 0.15) is 5.69 Å². The van der Waals surface area contributed by atoms with Gasteiger partial charge in [-0.25, -0.2) is 0 Å². The van der Waals surface area contributed by atoms with Crippen LogP contribution in [0.15, 0.2) is 54.9 Å². The Bertz CT molecular complexity index is 1110. The van der Waals surface area contributed by atoms with Crippen molar-refractivity contribution in [1.82, 2.24) is 25.1 Å². The Morgan fingerprint density at radius 3 is 2.84 bits per heavy atom. The topological polar surface area (TPSA) is 75.6 Å². The van der Waals surface area contributed by atoms with Crippen molar-refractivity contribution in [1.29, 1.82) is 0 Å². The molecule has 0 bridgehead atoms. The fourth-order valence-corrected chi connectivity index (χ4v) is 3.23. The van der Waals surface area contributed by atoms with Crippen LogP contribution in [-0.2, 0) is 6.54 Å². The SMILES string of the molecule is O=C1NCCn2nc(-c3ccnc(-c4ccc5cc[nH]c5c4)c3)cc21. The third-order valence-corrected chi connectivity index (χ3v) is 4.53. The molecule has 0 atom stereocenters. The van der Waals surface area contributed by atoms with Crippen LogP contribution in [0.25, 0.3) is 33.4 Å². The van der Waals surface area contributed by atoms with Crippen LogP contribution in [0.2, 0.25) is 0 Å². The summed E-state index contributed by atoms with van der Waals surface area (Å²) in [6, 6.07) is 14.0. The van der Waals surface area contributed by atoms with Crippen LogP contribution in [0.5, 0.6) is 0 Å². The standard InChI is InChI=1S/C19H15N5O/c25-19-18-11-17(23-24(18)8-7-22-19)14-4-6-21-16(10-14)13-2-1-12-3-5-20-15(12)9-13/h1-6,9-11,20H,7-8H2,(H,22,25). The van der Waals surface area contributed by atoms with Crippen LogP contribution in [-0.4, -0.2) is 32.2 Å². The van der Waals surface area contributed by atoms with Crippen LogP contribution in [0, 0.1) is 0 Å². The molecule has 3 aromatic heterocycles. The zero-order valence-corrected chi connectivity index (χ0v) is 13.4. The zero-order chi connectivity index (χ0) is 16.8. The quantitative estimate of drug-likeness (QED) is 0.594. The molecule has 0 spiro atoms. The molecule has 0 saturated heterocycles. The van der Waals surface area contributed by atoms with E-state index >= 15 is 0 Å². The van der Waals surface area contributed by atoms with Gasteiger partial charge in [0.25, 0.3) is 5.91 Å². The van der Waals surface area contributed by atoms with E-state index in [4.69, 9.17) is 0 Å². The third-order valence-electron chi connectivity index (χ3n) is 4.53. The number of pyridine rings is 1. The Balaban J connectivity index is 1.58. The van der Waals surface area contributed by atoms with Crippen molar-refractivity contribution in [2.75, 3.05) is 6.54 Å². The Morgan fingerprint density at radius 2 is 1.92 bits per heavy atom. The van der Waals surface area contributed by atoms with Crippen molar-refractivity contribution in [2.24, 2.45) is 0 Å². The number of H-pyrrole nitrogens is 1. The number of hydrogen-bond donors (Lipinski definition) is 2. The molecule has 6 nitrogen and oxygen atoms in total. The van der Waals surface area contributed by atoms with Gasteiger partial charge in [0.15, 0.2) is 0 Å². The molecule has 0 unspecified atom stereocenters. The number of amides is 1. The highest BCUT2D eigenvalue weighted by molar-refractivity contribution is 5.94. The molecule has 1 aromatic carbocycles. The van der Waals surface area contributed by atoms with Crippen molar-refractivity contribution >= 4 is 16.8 Å². The molecule has 6 heteroatoms. The van der Waals surface area contributed by atoms with Gasteiger partial charge >= 0.3 is 0 Å². The highest BCUT2D eigenvalue weighted by Crippen LogP contribution is 2.27. The number of aromatic amines is 1. The molecule has 1 amide bonds. The van der Waals surface area contributed by atoms with Crippen LogP contribution < -0.4 is 5.32 Å². The van der Waals surface area contributed by atoms with E-state index in [-0.39, 0.29) is 5.91 Å². The number of aromatic nitrogens is 4. The molecule has 0 saturated carbocycles. The average Bonchev–Trinajstić information content (AvgIpc) is 3.28. The largest absolute Gasteiger partial charge is 0.361 e. The monoisotopic (exact) mass is 329 g/mol. The number of benzene rings is 1. The van der Waals surface area contributed by atoms with Gasteiger partial charge in [0, 0.05) is 35.6 Å². The zero-order valence-electron chi connectivity index (χ0n) is 13.4. The van der Waals surface area contributed by atoms with Gasteiger partial charge in [-0.2, -0.15) is 5.10 Å². The molecule has 4 heterocycles. The summed E-state index contributed by atoms with van der Waals surface area (Å²) < 4.78 is 1.76. The number of nitrogens with one attached hydrogen (secondary N) is 2. The molecule has 0 aliphatic carbocycles. The maximum absolute atomic E-state index is 11.9. The van der Waals surface area contributed by atoms with Crippen molar-refractivity contribution < 1.29 is 4.79 Å². The van der Waals surface area contributed by atoms with Crippen LogP contribution >= 0.6 is 0 Å². The highest BCUT2D eigenvalue weighted by Gasteiger charge is 2.20. The summed E-state index contributed by atoms with van der Waals surface area (Å²) in [6.07, 6.45) is 3.71. The van der Waals surface area contributed by atoms with Crippen molar-refractivity contribution in [3.8, 4) is 22.5 Å². The van der Waals surface area contributed by atoms with Gasteiger partial charge in [0.2, 0.25) is 0 Å². The molecule has 0 fully saturated rings. The number of carbonyl (C=O) groups is 1. The van der Waals surface area contributed by atoms with Gasteiger partial charge in [-0.05, 0) is 35.7 Å². The van der Waals surface area contributed by atoms with E-state index < -0.39 is 0 Å². The molecule has 5 rings (SSSR count). The van der Waals surface area contributed by atoms with E-state index in [2.05, 4.69) is 38.6 Å². The van der Waals surface area contributed by atoms with E-state index in [9.17, 15) is 4.79 Å². The van der Waals surface area contributed by atoms with E-state index in [1.165, 1.54) is 5.39 Å². The Morgan fingerprint density at radius 1 is 1.00 bits per heavy atom. The average molecular weight is 329 g/mol. The van der Waals surface area contributed by atoms with Crippen molar-refractivity contribution in [2.45, 2.75) is 6.54 Å². The second-order valence-electron chi connectivity index (χ2n) is 6.10. The normalized spacial score (nSPS) is 13.7. The maximum Gasteiger partial charge on any atom is 0.269 e. The predicted octanol–water partition coefficient (Wildman–Crippen LogP) is 2.84. The first-order valence-electron chi connectivity index (χ1n) is 8.18. The van der Waals surface area contributed by atoms with Gasteiger partial charge in [-0.1, -0.05) is 12.1 Å². The van der Waals surface area contributed by atoms with E-state index in [1.807, 2.05) is 30.5 Å². The minimum absolute atomic E-state index is 0.0727. The first-order chi connectivity index (χ1) is 12.3. The molecular formula is C19H15N5O. The Kier molecular flexibility index (Phi) is 2.97. The summed E-state index contributed by atoms with van der Waals surface area (Å²) >= 11 is 0. The number of fused-ring (bicyclic) bond motifs is 2. The summed E-state index contributed by atoms with van der Waals surface area (Å²) in [5.41, 5.74) is 5.34. The summed E-state index contributed by atoms with van der Waals surface area (Å²) in [4.78, 5) is 19.7. The smallest absolute Gasteiger partial charge is 0.269 e. The second-order valence-corrected chi connectivity index (χ2v) is 6.10. The number of rotatable bonds is 2. The van der Waals surface area contributed by atoms with Gasteiger partial charge in [-0.15, -0.1) is 0 Å². The number of hydrogen-bond acceptors (Lipinski definition) is 3. The lowest BCUT2D eigenvalue weighted by Gasteiger charge is -2.13. The fourth-order valence-electron chi connectivity index (χ4n) is 3.23. The summed E-state index contributed by atoms with van der Waals surface area (Å²) in [5.74, 6) is -0.0727. The molecule has 25 heavy (non-hydrogen) atoms.